The highest BCUT2D eigenvalue weighted by atomic mass is 16.5. The van der Waals surface area contributed by atoms with E-state index >= 15 is 0 Å². The molecule has 3 heterocycles. The van der Waals surface area contributed by atoms with Gasteiger partial charge in [0, 0.05) is 26.1 Å². The second kappa shape index (κ2) is 10.3. The molecule has 0 atom stereocenters. The summed E-state index contributed by atoms with van der Waals surface area (Å²) in [5, 5.41) is 12.1. The second-order valence-corrected chi connectivity index (χ2v) is 10.2. The van der Waals surface area contributed by atoms with Crippen LogP contribution in [0.3, 0.4) is 0 Å². The molecule has 1 aliphatic heterocycles. The molecule has 2 aromatic heterocycles. The first-order valence-electron chi connectivity index (χ1n) is 13.6. The molecule has 0 aliphatic carbocycles. The van der Waals surface area contributed by atoms with E-state index in [4.69, 9.17) is 19.8 Å². The molecule has 7 heteroatoms. The number of fused-ring (bicyclic) bond motifs is 1. The van der Waals surface area contributed by atoms with Crippen LogP contribution in [-0.2, 0) is 26.1 Å². The molecule has 0 saturated heterocycles. The molecule has 0 saturated carbocycles. The van der Waals surface area contributed by atoms with Gasteiger partial charge >= 0.3 is 0 Å². The summed E-state index contributed by atoms with van der Waals surface area (Å²) in [7, 11) is 1.69. The van der Waals surface area contributed by atoms with Crippen molar-refractivity contribution in [3.8, 4) is 5.75 Å². The molecule has 0 unspecified atom stereocenters. The van der Waals surface area contributed by atoms with Gasteiger partial charge in [0.25, 0.3) is 0 Å². The summed E-state index contributed by atoms with van der Waals surface area (Å²) in [6.07, 6.45) is 0.855. The number of ether oxygens (including phenoxy) is 1. The average Bonchev–Trinajstić information content (AvgIpc) is 3.35. The predicted octanol–water partition coefficient (Wildman–Crippen LogP) is 6.21. The van der Waals surface area contributed by atoms with Crippen molar-refractivity contribution in [3.05, 3.63) is 119 Å². The molecular weight excluding hydrogens is 496 g/mol. The molecular formula is C33H30N6O. The van der Waals surface area contributed by atoms with Crippen LogP contribution in [0.5, 0.6) is 5.75 Å². The SMILES string of the molecule is COc1ccc(CN2CCc3nn(Cc4ccccc4)c4nc(NCc5cccc6ccccc56)nc2c34)cc1. The predicted molar refractivity (Wildman–Crippen MR) is 160 cm³/mol. The summed E-state index contributed by atoms with van der Waals surface area (Å²) < 4.78 is 7.39. The highest BCUT2D eigenvalue weighted by Gasteiger charge is 2.27. The lowest BCUT2D eigenvalue weighted by Crippen LogP contribution is -2.29. The van der Waals surface area contributed by atoms with Crippen molar-refractivity contribution >= 4 is 33.6 Å². The summed E-state index contributed by atoms with van der Waals surface area (Å²) in [5.41, 5.74) is 5.54. The lowest BCUT2D eigenvalue weighted by Gasteiger charge is -2.28. The highest BCUT2D eigenvalue weighted by Crippen LogP contribution is 2.34. The fourth-order valence-electron chi connectivity index (χ4n) is 5.55. The van der Waals surface area contributed by atoms with Crippen LogP contribution >= 0.6 is 0 Å². The van der Waals surface area contributed by atoms with Crippen molar-refractivity contribution in [1.82, 2.24) is 19.7 Å². The number of aromatic nitrogens is 4. The molecule has 0 fully saturated rings. The van der Waals surface area contributed by atoms with E-state index in [1.807, 2.05) is 22.9 Å². The van der Waals surface area contributed by atoms with Crippen LogP contribution in [0.25, 0.3) is 21.8 Å². The van der Waals surface area contributed by atoms with Gasteiger partial charge < -0.3 is 15.0 Å². The molecule has 6 aromatic rings. The van der Waals surface area contributed by atoms with E-state index in [0.29, 0.717) is 19.0 Å². The minimum Gasteiger partial charge on any atom is -0.497 e. The molecule has 1 aliphatic rings. The minimum atomic E-state index is 0.609. The van der Waals surface area contributed by atoms with Crippen molar-refractivity contribution in [3.63, 3.8) is 0 Å². The second-order valence-electron chi connectivity index (χ2n) is 10.2. The summed E-state index contributed by atoms with van der Waals surface area (Å²) in [6.45, 7) is 2.89. The number of nitrogens with zero attached hydrogens (tertiary/aromatic N) is 5. The smallest absolute Gasteiger partial charge is 0.227 e. The lowest BCUT2D eigenvalue weighted by molar-refractivity contribution is 0.414. The molecule has 0 radical (unpaired) electrons. The van der Waals surface area contributed by atoms with E-state index in [-0.39, 0.29) is 0 Å². The van der Waals surface area contributed by atoms with Crippen LogP contribution in [0, 0.1) is 0 Å². The van der Waals surface area contributed by atoms with Gasteiger partial charge in [-0.25, -0.2) is 4.68 Å². The Labute approximate surface area is 233 Å². The standard InChI is InChI=1S/C33H30N6O/c1-40-27-16-14-24(15-17-27)21-38-19-18-29-30-31(38)35-33(34-20-26-12-7-11-25-10-5-6-13-28(25)26)36-32(30)39(37-29)22-23-8-3-2-4-9-23/h2-17H,18-22H2,1H3,(H,34,35,36). The zero-order valence-electron chi connectivity index (χ0n) is 22.4. The minimum absolute atomic E-state index is 0.609. The Balaban J connectivity index is 1.27. The first-order valence-corrected chi connectivity index (χ1v) is 13.6. The van der Waals surface area contributed by atoms with Gasteiger partial charge in [0.2, 0.25) is 5.95 Å². The zero-order valence-corrected chi connectivity index (χ0v) is 22.4. The monoisotopic (exact) mass is 526 g/mol. The Hall–Kier alpha value is -4.91. The van der Waals surface area contributed by atoms with E-state index in [2.05, 4.69) is 89.1 Å². The molecule has 0 spiro atoms. The largest absolute Gasteiger partial charge is 0.497 e. The van der Waals surface area contributed by atoms with Gasteiger partial charge in [-0.05, 0) is 39.6 Å². The molecule has 198 valence electrons. The number of hydrogen-bond donors (Lipinski definition) is 1. The molecule has 7 rings (SSSR count). The summed E-state index contributed by atoms with van der Waals surface area (Å²) >= 11 is 0. The molecule has 0 bridgehead atoms. The Morgan fingerprint density at radius 2 is 1.57 bits per heavy atom. The Bertz CT molecular complexity index is 1790. The van der Waals surface area contributed by atoms with Crippen molar-refractivity contribution in [2.75, 3.05) is 23.9 Å². The van der Waals surface area contributed by atoms with Gasteiger partial charge in [-0.1, -0.05) is 84.9 Å². The Kier molecular flexibility index (Phi) is 6.24. The molecule has 40 heavy (non-hydrogen) atoms. The van der Waals surface area contributed by atoms with Gasteiger partial charge in [0.05, 0.1) is 24.7 Å². The molecule has 0 amide bonds. The summed E-state index contributed by atoms with van der Waals surface area (Å²) in [4.78, 5) is 12.5. The third kappa shape index (κ3) is 4.60. The highest BCUT2D eigenvalue weighted by molar-refractivity contribution is 5.92. The van der Waals surface area contributed by atoms with Crippen molar-refractivity contribution in [1.29, 1.82) is 0 Å². The molecule has 4 aromatic carbocycles. The van der Waals surface area contributed by atoms with Crippen molar-refractivity contribution in [2.45, 2.75) is 26.1 Å². The van der Waals surface area contributed by atoms with Crippen LogP contribution in [0.2, 0.25) is 0 Å². The van der Waals surface area contributed by atoms with Crippen LogP contribution in [-0.4, -0.2) is 33.4 Å². The van der Waals surface area contributed by atoms with E-state index < -0.39 is 0 Å². The molecule has 1 N–H and O–H groups in total. The maximum absolute atomic E-state index is 5.36. The normalized spacial score (nSPS) is 12.7. The van der Waals surface area contributed by atoms with Gasteiger partial charge in [-0.2, -0.15) is 15.1 Å². The van der Waals surface area contributed by atoms with Crippen molar-refractivity contribution in [2.24, 2.45) is 0 Å². The quantitative estimate of drug-likeness (QED) is 0.254. The van der Waals surface area contributed by atoms with Crippen LogP contribution < -0.4 is 15.0 Å². The number of anilines is 2. The van der Waals surface area contributed by atoms with Gasteiger partial charge in [0.1, 0.15) is 11.6 Å². The van der Waals surface area contributed by atoms with E-state index in [0.717, 1.165) is 47.8 Å². The third-order valence-electron chi connectivity index (χ3n) is 7.59. The molecule has 7 nitrogen and oxygen atoms in total. The first-order chi connectivity index (χ1) is 19.7. The zero-order chi connectivity index (χ0) is 26.9. The van der Waals surface area contributed by atoms with Gasteiger partial charge in [-0.3, -0.25) is 0 Å². The maximum Gasteiger partial charge on any atom is 0.227 e. The number of benzene rings is 4. The number of methoxy groups -OCH3 is 1. The van der Waals surface area contributed by atoms with E-state index in [9.17, 15) is 0 Å². The number of hydrogen-bond acceptors (Lipinski definition) is 6. The Morgan fingerprint density at radius 3 is 2.42 bits per heavy atom. The summed E-state index contributed by atoms with van der Waals surface area (Å²) in [6, 6.07) is 33.5. The van der Waals surface area contributed by atoms with Crippen LogP contribution in [0.1, 0.15) is 22.4 Å². The van der Waals surface area contributed by atoms with E-state index in [1.54, 1.807) is 7.11 Å². The van der Waals surface area contributed by atoms with Crippen molar-refractivity contribution < 1.29 is 4.74 Å². The first kappa shape index (κ1) is 24.2. The topological polar surface area (TPSA) is 68.1 Å². The van der Waals surface area contributed by atoms with Crippen LogP contribution in [0.15, 0.2) is 97.1 Å². The summed E-state index contributed by atoms with van der Waals surface area (Å²) in [5.74, 6) is 2.40. The van der Waals surface area contributed by atoms with Gasteiger partial charge in [-0.15, -0.1) is 0 Å². The number of nitrogens with one attached hydrogen (secondary N) is 1. The lowest BCUT2D eigenvalue weighted by atomic mass is 10.0. The fraction of sp³-hybridized carbons (Fsp3) is 0.182. The van der Waals surface area contributed by atoms with E-state index in [1.165, 1.54) is 27.5 Å². The number of rotatable bonds is 8. The maximum atomic E-state index is 5.36. The average molecular weight is 527 g/mol. The van der Waals surface area contributed by atoms with Crippen LogP contribution in [0.4, 0.5) is 11.8 Å². The Morgan fingerprint density at radius 1 is 0.800 bits per heavy atom. The van der Waals surface area contributed by atoms with Gasteiger partial charge in [0.15, 0.2) is 5.65 Å². The third-order valence-corrected chi connectivity index (χ3v) is 7.59. The fourth-order valence-corrected chi connectivity index (χ4v) is 5.55.